The Kier molecular flexibility index (Phi) is 3.60. The number of ether oxygens (including phenoxy) is 2. The van der Waals surface area contributed by atoms with Crippen molar-refractivity contribution in [3.63, 3.8) is 0 Å². The number of hydrogen-bond acceptors (Lipinski definition) is 6. The predicted molar refractivity (Wildman–Crippen MR) is 73.6 cm³/mol. The molecule has 1 aliphatic heterocycles. The van der Waals surface area contributed by atoms with Gasteiger partial charge in [-0.3, -0.25) is 0 Å². The average molecular weight is 312 g/mol. The normalized spacial score (nSPS) is 13.6. The molecule has 20 heavy (non-hydrogen) atoms. The van der Waals surface area contributed by atoms with Gasteiger partial charge in [0.25, 0.3) is 0 Å². The Morgan fingerprint density at radius 2 is 2.15 bits per heavy atom. The summed E-state index contributed by atoms with van der Waals surface area (Å²) in [5.41, 5.74) is 0. The highest BCUT2D eigenvalue weighted by atomic mass is 32.2. The molecule has 0 atom stereocenters. The van der Waals surface area contributed by atoms with E-state index >= 15 is 0 Å². The highest BCUT2D eigenvalue weighted by Crippen LogP contribution is 2.33. The molecule has 0 saturated heterocycles. The summed E-state index contributed by atoms with van der Waals surface area (Å²) >= 11 is 1.50. The van der Waals surface area contributed by atoms with Crippen molar-refractivity contribution in [3.05, 3.63) is 34.8 Å². The topological polar surface area (TPSA) is 77.5 Å². The highest BCUT2D eigenvalue weighted by molar-refractivity contribution is 7.89. The Bertz CT molecular complexity index is 698. The third kappa shape index (κ3) is 2.77. The molecule has 0 unspecified atom stereocenters. The Morgan fingerprint density at radius 3 is 2.95 bits per heavy atom. The van der Waals surface area contributed by atoms with Gasteiger partial charge in [-0.05, 0) is 12.1 Å². The SMILES string of the molecule is O=S(=O)(NCCc1nccs1)c1ccc2c(c1)OCO2. The molecule has 106 valence electrons. The van der Waals surface area contributed by atoms with Crippen molar-refractivity contribution in [2.45, 2.75) is 11.3 Å². The number of fused-ring (bicyclic) bond motifs is 1. The van der Waals surface area contributed by atoms with Gasteiger partial charge in [0.1, 0.15) is 0 Å². The van der Waals surface area contributed by atoms with Crippen molar-refractivity contribution in [3.8, 4) is 11.5 Å². The molecule has 0 radical (unpaired) electrons. The van der Waals surface area contributed by atoms with E-state index in [1.54, 1.807) is 12.3 Å². The molecular formula is C12H12N2O4S2. The van der Waals surface area contributed by atoms with E-state index in [0.29, 0.717) is 24.5 Å². The number of nitrogens with zero attached hydrogens (tertiary/aromatic N) is 1. The molecule has 2 heterocycles. The minimum atomic E-state index is -3.54. The van der Waals surface area contributed by atoms with Gasteiger partial charge >= 0.3 is 0 Å². The molecule has 0 bridgehead atoms. The van der Waals surface area contributed by atoms with E-state index in [0.717, 1.165) is 5.01 Å². The lowest BCUT2D eigenvalue weighted by Gasteiger charge is -2.06. The number of hydrogen-bond donors (Lipinski definition) is 1. The molecular weight excluding hydrogens is 300 g/mol. The van der Waals surface area contributed by atoms with Gasteiger partial charge in [0.2, 0.25) is 16.8 Å². The largest absolute Gasteiger partial charge is 0.454 e. The van der Waals surface area contributed by atoms with Gasteiger partial charge in [0.05, 0.1) is 9.90 Å². The van der Waals surface area contributed by atoms with Crippen LogP contribution in [0.3, 0.4) is 0 Å². The molecule has 6 nitrogen and oxygen atoms in total. The van der Waals surface area contributed by atoms with Crippen LogP contribution in [0.15, 0.2) is 34.7 Å². The van der Waals surface area contributed by atoms with E-state index in [9.17, 15) is 8.42 Å². The van der Waals surface area contributed by atoms with Crippen molar-refractivity contribution < 1.29 is 17.9 Å². The summed E-state index contributed by atoms with van der Waals surface area (Å²) in [4.78, 5) is 4.27. The van der Waals surface area contributed by atoms with Crippen molar-refractivity contribution in [2.24, 2.45) is 0 Å². The van der Waals surface area contributed by atoms with Crippen molar-refractivity contribution in [1.82, 2.24) is 9.71 Å². The van der Waals surface area contributed by atoms with Crippen LogP contribution in [0, 0.1) is 0 Å². The van der Waals surface area contributed by atoms with Crippen molar-refractivity contribution in [1.29, 1.82) is 0 Å². The molecule has 0 amide bonds. The molecule has 1 aromatic carbocycles. The lowest BCUT2D eigenvalue weighted by Crippen LogP contribution is -2.25. The minimum Gasteiger partial charge on any atom is -0.454 e. The first-order valence-electron chi connectivity index (χ1n) is 5.93. The molecule has 1 aliphatic rings. The van der Waals surface area contributed by atoms with Crippen LogP contribution in [-0.2, 0) is 16.4 Å². The quantitative estimate of drug-likeness (QED) is 0.903. The molecule has 0 aliphatic carbocycles. The molecule has 0 spiro atoms. The van der Waals surface area contributed by atoms with Crippen LogP contribution in [0.1, 0.15) is 5.01 Å². The molecule has 3 rings (SSSR count). The molecule has 1 N–H and O–H groups in total. The zero-order valence-electron chi connectivity index (χ0n) is 10.4. The summed E-state index contributed by atoms with van der Waals surface area (Å²) in [6.45, 7) is 0.431. The second kappa shape index (κ2) is 5.39. The number of benzene rings is 1. The lowest BCUT2D eigenvalue weighted by atomic mass is 10.3. The maximum absolute atomic E-state index is 12.1. The van der Waals surface area contributed by atoms with E-state index in [-0.39, 0.29) is 11.7 Å². The fraction of sp³-hybridized carbons (Fsp3) is 0.250. The van der Waals surface area contributed by atoms with Gasteiger partial charge in [-0.2, -0.15) is 0 Å². The van der Waals surface area contributed by atoms with Gasteiger partial charge in [0.15, 0.2) is 11.5 Å². The number of thiazole rings is 1. The molecule has 0 fully saturated rings. The van der Waals surface area contributed by atoms with Gasteiger partial charge < -0.3 is 9.47 Å². The van der Waals surface area contributed by atoms with Gasteiger partial charge in [-0.15, -0.1) is 11.3 Å². The second-order valence-corrected chi connectivity index (χ2v) is 6.83. The Labute approximate surface area is 120 Å². The maximum Gasteiger partial charge on any atom is 0.240 e. The fourth-order valence-electron chi connectivity index (χ4n) is 1.80. The van der Waals surface area contributed by atoms with Crippen LogP contribution in [0.25, 0.3) is 0 Å². The third-order valence-corrected chi connectivity index (χ3v) is 5.07. The Hall–Kier alpha value is -1.64. The molecule has 0 saturated carbocycles. The highest BCUT2D eigenvalue weighted by Gasteiger charge is 2.19. The summed E-state index contributed by atoms with van der Waals surface area (Å²) < 4.78 is 37.1. The van der Waals surface area contributed by atoms with E-state index in [2.05, 4.69) is 9.71 Å². The standard InChI is InChI=1S/C12H12N2O4S2/c15-20(16,14-4-3-12-13-5-6-19-12)9-1-2-10-11(7-9)18-8-17-10/h1-2,5-7,14H,3-4,8H2. The van der Waals surface area contributed by atoms with Gasteiger partial charge in [-0.1, -0.05) is 0 Å². The second-order valence-electron chi connectivity index (χ2n) is 4.09. The molecule has 2 aromatic rings. The Balaban J connectivity index is 1.68. The van der Waals surface area contributed by atoms with Crippen LogP contribution in [0.5, 0.6) is 11.5 Å². The third-order valence-electron chi connectivity index (χ3n) is 2.77. The van der Waals surface area contributed by atoms with Gasteiger partial charge in [-0.25, -0.2) is 18.1 Å². The average Bonchev–Trinajstić information content (AvgIpc) is 3.08. The van der Waals surface area contributed by atoms with E-state index in [1.165, 1.54) is 23.5 Å². The lowest BCUT2D eigenvalue weighted by molar-refractivity contribution is 0.174. The van der Waals surface area contributed by atoms with Crippen molar-refractivity contribution in [2.75, 3.05) is 13.3 Å². The molecule has 8 heteroatoms. The minimum absolute atomic E-state index is 0.121. The predicted octanol–water partition coefficient (Wildman–Crippen LogP) is 1.39. The Morgan fingerprint density at radius 1 is 1.30 bits per heavy atom. The summed E-state index contributed by atoms with van der Waals surface area (Å²) in [6, 6.07) is 4.56. The van der Waals surface area contributed by atoms with Gasteiger partial charge in [0, 0.05) is 30.6 Å². The smallest absolute Gasteiger partial charge is 0.240 e. The van der Waals surface area contributed by atoms with E-state index in [4.69, 9.17) is 9.47 Å². The first kappa shape index (κ1) is 13.3. The summed E-state index contributed by atoms with van der Waals surface area (Å²) in [5.74, 6) is 1.01. The molecule has 1 aromatic heterocycles. The summed E-state index contributed by atoms with van der Waals surface area (Å²) in [7, 11) is -3.54. The number of aromatic nitrogens is 1. The zero-order chi connectivity index (χ0) is 14.0. The van der Waals surface area contributed by atoms with Crippen LogP contribution >= 0.6 is 11.3 Å². The van der Waals surface area contributed by atoms with E-state index < -0.39 is 10.0 Å². The number of sulfonamides is 1. The summed E-state index contributed by atoms with van der Waals surface area (Å²) in [5, 5.41) is 2.76. The maximum atomic E-state index is 12.1. The van der Waals surface area contributed by atoms with Crippen LogP contribution < -0.4 is 14.2 Å². The fourth-order valence-corrected chi connectivity index (χ4v) is 3.46. The summed E-state index contributed by atoms with van der Waals surface area (Å²) in [6.07, 6.45) is 2.27. The van der Waals surface area contributed by atoms with Crippen LogP contribution in [-0.4, -0.2) is 26.7 Å². The number of nitrogens with one attached hydrogen (secondary N) is 1. The zero-order valence-corrected chi connectivity index (χ0v) is 12.0. The monoisotopic (exact) mass is 312 g/mol. The van der Waals surface area contributed by atoms with Crippen molar-refractivity contribution >= 4 is 21.4 Å². The van der Waals surface area contributed by atoms with Crippen LogP contribution in [0.2, 0.25) is 0 Å². The van der Waals surface area contributed by atoms with Crippen LogP contribution in [0.4, 0.5) is 0 Å². The number of rotatable bonds is 5. The first-order valence-corrected chi connectivity index (χ1v) is 8.29. The van der Waals surface area contributed by atoms with E-state index in [1.807, 2.05) is 5.38 Å². The first-order chi connectivity index (χ1) is 9.65.